The first-order valence-corrected chi connectivity index (χ1v) is 5.60. The molecule has 98 valence electrons. The second-order valence-corrected chi connectivity index (χ2v) is 4.17. The molecular weight excluding hydrogens is 268 g/mol. The summed E-state index contributed by atoms with van der Waals surface area (Å²) in [7, 11) is -2.70. The van der Waals surface area contributed by atoms with Crippen molar-refractivity contribution in [3.05, 3.63) is 40.9 Å². The Morgan fingerprint density at radius 2 is 2.16 bits per heavy atom. The zero-order chi connectivity index (χ0) is 16.5. The number of hydrogen-bond acceptors (Lipinski definition) is 4. The van der Waals surface area contributed by atoms with Crippen LogP contribution < -0.4 is 4.74 Å². The zero-order valence-corrected chi connectivity index (χ0v) is 10.6. The number of carboxylic acids is 1. The van der Waals surface area contributed by atoms with Gasteiger partial charge >= 0.3 is 5.97 Å². The number of nitrogens with zero attached hydrogens (tertiary/aromatic N) is 2. The van der Waals surface area contributed by atoms with E-state index in [4.69, 9.17) is 20.5 Å². The van der Waals surface area contributed by atoms with Gasteiger partial charge in [-0.25, -0.2) is 9.78 Å². The smallest absolute Gasteiger partial charge is 0.337 e. The number of aromatic carboxylic acids is 1. The van der Waals surface area contributed by atoms with Crippen LogP contribution in [-0.2, 0) is 0 Å². The van der Waals surface area contributed by atoms with Crippen LogP contribution in [0, 0.1) is 6.92 Å². The van der Waals surface area contributed by atoms with Crippen molar-refractivity contribution in [2.75, 3.05) is 7.04 Å². The molecule has 0 aromatic carbocycles. The Hall–Kier alpha value is -2.14. The number of aryl methyl sites for hydroxylation is 1. The number of halogens is 1. The molecule has 2 heterocycles. The Kier molecular flexibility index (Phi) is 2.69. The highest BCUT2D eigenvalue weighted by atomic mass is 35.5. The van der Waals surface area contributed by atoms with Gasteiger partial charge in [-0.1, -0.05) is 11.6 Å². The normalized spacial score (nSPS) is 13.3. The highest BCUT2D eigenvalue weighted by Crippen LogP contribution is 2.33. The molecule has 19 heavy (non-hydrogen) atoms. The third-order valence-corrected chi connectivity index (χ3v) is 2.71. The maximum atomic E-state index is 11.3. The van der Waals surface area contributed by atoms with E-state index in [2.05, 4.69) is 9.97 Å². The summed E-state index contributed by atoms with van der Waals surface area (Å²) in [4.78, 5) is 19.1. The average Bonchev–Trinajstić information content (AvgIpc) is 2.39. The lowest BCUT2D eigenvalue weighted by Crippen LogP contribution is -2.02. The second kappa shape index (κ2) is 5.24. The van der Waals surface area contributed by atoms with Crippen molar-refractivity contribution in [1.82, 2.24) is 9.97 Å². The molecule has 0 radical (unpaired) electrons. The van der Waals surface area contributed by atoms with E-state index in [0.29, 0.717) is 5.69 Å². The summed E-state index contributed by atoms with van der Waals surface area (Å²) in [6, 6.07) is 2.87. The van der Waals surface area contributed by atoms with Crippen molar-refractivity contribution in [3.8, 4) is 16.9 Å². The van der Waals surface area contributed by atoms with Gasteiger partial charge < -0.3 is 9.84 Å². The van der Waals surface area contributed by atoms with Crippen molar-refractivity contribution in [2.45, 2.75) is 6.92 Å². The van der Waals surface area contributed by atoms with E-state index in [1.54, 1.807) is 6.92 Å². The molecule has 0 fully saturated rings. The quantitative estimate of drug-likeness (QED) is 0.876. The minimum absolute atomic E-state index is 0.0821. The maximum Gasteiger partial charge on any atom is 0.337 e. The van der Waals surface area contributed by atoms with E-state index < -0.39 is 13.0 Å². The Morgan fingerprint density at radius 3 is 2.84 bits per heavy atom. The number of ether oxygens (including phenoxy) is 1. The Morgan fingerprint density at radius 1 is 1.37 bits per heavy atom. The Bertz CT molecular complexity index is 735. The summed E-state index contributed by atoms with van der Waals surface area (Å²) in [6.45, 7) is 1.68. The summed E-state index contributed by atoms with van der Waals surface area (Å²) >= 11 is 5.84. The number of carboxylic acid groups (broad SMARTS) is 1. The second-order valence-electron chi connectivity index (χ2n) is 3.78. The first-order valence-electron chi connectivity index (χ1n) is 6.72. The van der Waals surface area contributed by atoms with Crippen LogP contribution >= 0.6 is 11.6 Å². The van der Waals surface area contributed by atoms with E-state index in [1.807, 2.05) is 0 Å². The van der Waals surface area contributed by atoms with Crippen molar-refractivity contribution >= 4 is 17.6 Å². The molecule has 0 spiro atoms. The molecule has 0 atom stereocenters. The molecular formula is C13H11ClN2O3. The third-order valence-electron chi connectivity index (χ3n) is 2.51. The molecule has 2 aromatic heterocycles. The summed E-state index contributed by atoms with van der Waals surface area (Å²) in [6.07, 6.45) is 2.34. The van der Waals surface area contributed by atoms with E-state index in [1.165, 1.54) is 18.3 Å². The molecule has 0 bridgehead atoms. The number of hydrogen-bond donors (Lipinski definition) is 1. The predicted octanol–water partition coefficient (Wildman–Crippen LogP) is 2.81. The van der Waals surface area contributed by atoms with Crippen molar-refractivity contribution in [2.24, 2.45) is 0 Å². The van der Waals surface area contributed by atoms with Crippen LogP contribution in [-0.4, -0.2) is 28.1 Å². The molecule has 1 N–H and O–H groups in total. The molecule has 5 nitrogen and oxygen atoms in total. The fourth-order valence-corrected chi connectivity index (χ4v) is 1.82. The summed E-state index contributed by atoms with van der Waals surface area (Å²) in [5.74, 6) is -1.28. The first kappa shape index (κ1) is 9.75. The summed E-state index contributed by atoms with van der Waals surface area (Å²) in [5.41, 5.74) is 0.943. The largest absolute Gasteiger partial charge is 0.494 e. The summed E-state index contributed by atoms with van der Waals surface area (Å²) < 4.78 is 26.4. The van der Waals surface area contributed by atoms with Gasteiger partial charge in [0.2, 0.25) is 0 Å². The van der Waals surface area contributed by atoms with Gasteiger partial charge in [-0.15, -0.1) is 0 Å². The van der Waals surface area contributed by atoms with Crippen LogP contribution in [0.1, 0.15) is 20.2 Å². The number of methoxy groups -OCH3 is 1. The number of pyridine rings is 2. The minimum atomic E-state index is -2.70. The van der Waals surface area contributed by atoms with Gasteiger partial charge in [-0.3, -0.25) is 4.98 Å². The topological polar surface area (TPSA) is 72.3 Å². The number of aromatic nitrogens is 2. The van der Waals surface area contributed by atoms with Crippen LogP contribution in [0.15, 0.2) is 24.5 Å². The van der Waals surface area contributed by atoms with Gasteiger partial charge in [0.25, 0.3) is 0 Å². The van der Waals surface area contributed by atoms with E-state index >= 15 is 0 Å². The average molecular weight is 282 g/mol. The first-order chi connectivity index (χ1) is 10.2. The van der Waals surface area contributed by atoms with Crippen LogP contribution in [0.2, 0.25) is 5.15 Å². The molecule has 2 aromatic rings. The zero-order valence-electron chi connectivity index (χ0n) is 12.8. The number of rotatable bonds is 3. The van der Waals surface area contributed by atoms with Gasteiger partial charge in [0.15, 0.2) is 0 Å². The molecule has 0 amide bonds. The molecule has 2 rings (SSSR count). The van der Waals surface area contributed by atoms with Crippen molar-refractivity contribution in [3.63, 3.8) is 0 Å². The van der Waals surface area contributed by atoms with Gasteiger partial charge in [-0.05, 0) is 19.1 Å². The lowest BCUT2D eigenvalue weighted by Gasteiger charge is -2.11. The van der Waals surface area contributed by atoms with E-state index in [-0.39, 0.29) is 27.6 Å². The lowest BCUT2D eigenvalue weighted by atomic mass is 10.0. The number of carbonyl (C=O) groups is 1. The molecule has 0 aliphatic heterocycles. The SMILES string of the molecule is [2H]C([2H])([2H])Oc1cnc(Cl)cc1-c1cc(C)ncc1C(=O)O. The van der Waals surface area contributed by atoms with Crippen molar-refractivity contribution < 1.29 is 18.8 Å². The predicted molar refractivity (Wildman–Crippen MR) is 70.7 cm³/mol. The van der Waals surface area contributed by atoms with Crippen LogP contribution in [0.5, 0.6) is 5.75 Å². The van der Waals surface area contributed by atoms with Crippen LogP contribution in [0.3, 0.4) is 0 Å². The fraction of sp³-hybridized carbons (Fsp3) is 0.154. The lowest BCUT2D eigenvalue weighted by molar-refractivity contribution is 0.0697. The van der Waals surface area contributed by atoms with Gasteiger partial charge in [0.1, 0.15) is 10.9 Å². The molecule has 0 unspecified atom stereocenters. The fourth-order valence-electron chi connectivity index (χ4n) is 1.66. The van der Waals surface area contributed by atoms with Gasteiger partial charge in [0.05, 0.1) is 22.9 Å². The molecule has 0 aliphatic carbocycles. The van der Waals surface area contributed by atoms with Gasteiger partial charge in [-0.2, -0.15) is 0 Å². The molecule has 0 aliphatic rings. The monoisotopic (exact) mass is 281 g/mol. The highest BCUT2D eigenvalue weighted by Gasteiger charge is 2.16. The standard InChI is InChI=1S/C13H11ClN2O3/c1-7-3-8(10(5-15-7)13(17)18)9-4-12(14)16-6-11(9)19-2/h3-6H,1-2H3,(H,17,18)/i2D3. The van der Waals surface area contributed by atoms with Gasteiger partial charge in [0, 0.05) is 23.0 Å². The maximum absolute atomic E-state index is 11.3. The Balaban J connectivity index is 2.68. The third kappa shape index (κ3) is 2.66. The highest BCUT2D eigenvalue weighted by molar-refractivity contribution is 6.29. The summed E-state index contributed by atoms with van der Waals surface area (Å²) in [5, 5.41) is 9.35. The molecule has 6 heteroatoms. The minimum Gasteiger partial charge on any atom is -0.494 e. The Labute approximate surface area is 119 Å². The van der Waals surface area contributed by atoms with Crippen molar-refractivity contribution in [1.29, 1.82) is 0 Å². The molecule has 0 saturated heterocycles. The van der Waals surface area contributed by atoms with E-state index in [9.17, 15) is 9.90 Å². The molecule has 0 saturated carbocycles. The van der Waals surface area contributed by atoms with Crippen LogP contribution in [0.4, 0.5) is 0 Å². The van der Waals surface area contributed by atoms with E-state index in [0.717, 1.165) is 6.20 Å². The van der Waals surface area contributed by atoms with Crippen LogP contribution in [0.25, 0.3) is 11.1 Å².